The summed E-state index contributed by atoms with van der Waals surface area (Å²) < 4.78 is 27.9. The zero-order valence-electron chi connectivity index (χ0n) is 18.0. The summed E-state index contributed by atoms with van der Waals surface area (Å²) in [5.74, 6) is -0.204. The van der Waals surface area contributed by atoms with Crippen molar-refractivity contribution in [1.82, 2.24) is 0 Å². The minimum atomic E-state index is -3.65. The monoisotopic (exact) mass is 434 g/mol. The van der Waals surface area contributed by atoms with Gasteiger partial charge in [0.2, 0.25) is 0 Å². The summed E-state index contributed by atoms with van der Waals surface area (Å²) in [5.41, 5.74) is 6.07. The average Bonchev–Trinajstić information content (AvgIpc) is 2.75. The molecular weight excluding hydrogens is 408 g/mol. The molecule has 1 aliphatic rings. The van der Waals surface area contributed by atoms with E-state index in [9.17, 15) is 13.2 Å². The Morgan fingerprint density at radius 3 is 2.35 bits per heavy atom. The molecule has 1 N–H and O–H groups in total. The molecule has 0 atom stereocenters. The van der Waals surface area contributed by atoms with E-state index >= 15 is 0 Å². The second-order valence-corrected chi connectivity index (χ2v) is 9.95. The molecular formula is C25H26N2O3S. The second-order valence-electron chi connectivity index (χ2n) is 8.09. The van der Waals surface area contributed by atoms with Crippen LogP contribution in [0.2, 0.25) is 0 Å². The van der Waals surface area contributed by atoms with Crippen molar-refractivity contribution in [1.29, 1.82) is 0 Å². The maximum atomic E-state index is 13.2. The molecule has 5 nitrogen and oxygen atoms in total. The van der Waals surface area contributed by atoms with Gasteiger partial charge >= 0.3 is 0 Å². The number of aryl methyl sites for hydroxylation is 4. The van der Waals surface area contributed by atoms with E-state index in [-0.39, 0.29) is 10.8 Å². The number of sulfonamides is 1. The molecule has 0 radical (unpaired) electrons. The minimum Gasteiger partial charge on any atom is -0.322 e. The van der Waals surface area contributed by atoms with Gasteiger partial charge in [-0.05, 0) is 92.8 Å². The summed E-state index contributed by atoms with van der Waals surface area (Å²) in [7, 11) is -3.65. The van der Waals surface area contributed by atoms with E-state index in [1.54, 1.807) is 36.4 Å². The van der Waals surface area contributed by atoms with Gasteiger partial charge in [-0.15, -0.1) is 0 Å². The number of rotatable bonds is 4. The normalized spacial score (nSPS) is 13.6. The average molecular weight is 435 g/mol. The van der Waals surface area contributed by atoms with Crippen LogP contribution in [-0.2, 0) is 16.4 Å². The Bertz CT molecular complexity index is 1250. The van der Waals surface area contributed by atoms with Crippen LogP contribution in [0.1, 0.15) is 39.0 Å². The molecule has 3 aromatic rings. The van der Waals surface area contributed by atoms with Gasteiger partial charge in [0.25, 0.3) is 15.9 Å². The molecule has 0 bridgehead atoms. The molecule has 0 unspecified atom stereocenters. The molecule has 0 aromatic heterocycles. The summed E-state index contributed by atoms with van der Waals surface area (Å²) in [6.45, 7) is 6.39. The third kappa shape index (κ3) is 4.21. The van der Waals surface area contributed by atoms with Crippen LogP contribution in [0.15, 0.2) is 65.6 Å². The number of nitrogens with one attached hydrogen (secondary N) is 1. The molecule has 0 fully saturated rings. The summed E-state index contributed by atoms with van der Waals surface area (Å²) in [6, 6.07) is 17.9. The first-order chi connectivity index (χ1) is 14.8. The van der Waals surface area contributed by atoms with Crippen molar-refractivity contribution in [3.63, 3.8) is 0 Å². The molecule has 3 aromatic carbocycles. The highest BCUT2D eigenvalue weighted by Gasteiger charge is 2.29. The number of nitrogens with zero attached hydrogens (tertiary/aromatic N) is 1. The SMILES string of the molecule is Cc1ccc(S(=O)(=O)N2CCCc3cc(C(=O)Nc4ccc(C)c(C)c4)ccc32)cc1. The number of anilines is 2. The topological polar surface area (TPSA) is 66.5 Å². The summed E-state index contributed by atoms with van der Waals surface area (Å²) in [4.78, 5) is 13.1. The van der Waals surface area contributed by atoms with Gasteiger partial charge in [0.05, 0.1) is 10.6 Å². The molecule has 0 saturated carbocycles. The first-order valence-electron chi connectivity index (χ1n) is 10.4. The Balaban J connectivity index is 1.61. The zero-order valence-corrected chi connectivity index (χ0v) is 18.8. The van der Waals surface area contributed by atoms with E-state index < -0.39 is 10.0 Å². The lowest BCUT2D eigenvalue weighted by Crippen LogP contribution is -2.35. The van der Waals surface area contributed by atoms with Crippen LogP contribution in [0, 0.1) is 20.8 Å². The molecule has 1 amide bonds. The van der Waals surface area contributed by atoms with Crippen LogP contribution in [0.3, 0.4) is 0 Å². The fraction of sp³-hybridized carbons (Fsp3) is 0.240. The van der Waals surface area contributed by atoms with E-state index in [1.807, 2.05) is 45.0 Å². The number of carbonyl (C=O) groups excluding carboxylic acids is 1. The Morgan fingerprint density at radius 2 is 1.65 bits per heavy atom. The fourth-order valence-corrected chi connectivity index (χ4v) is 5.35. The van der Waals surface area contributed by atoms with Crippen molar-refractivity contribution in [2.45, 2.75) is 38.5 Å². The van der Waals surface area contributed by atoms with E-state index in [0.29, 0.717) is 24.2 Å². The van der Waals surface area contributed by atoms with E-state index in [4.69, 9.17) is 0 Å². The zero-order chi connectivity index (χ0) is 22.2. The molecule has 1 heterocycles. The lowest BCUT2D eigenvalue weighted by molar-refractivity contribution is 0.102. The largest absolute Gasteiger partial charge is 0.322 e. The van der Waals surface area contributed by atoms with Gasteiger partial charge in [-0.25, -0.2) is 8.42 Å². The number of carbonyl (C=O) groups is 1. The molecule has 31 heavy (non-hydrogen) atoms. The van der Waals surface area contributed by atoms with Crippen LogP contribution in [0.25, 0.3) is 0 Å². The second kappa shape index (κ2) is 8.19. The summed E-state index contributed by atoms with van der Waals surface area (Å²) in [5, 5.41) is 2.93. The third-order valence-corrected chi connectivity index (χ3v) is 7.62. The number of hydrogen-bond acceptors (Lipinski definition) is 3. The van der Waals surface area contributed by atoms with Crippen LogP contribution < -0.4 is 9.62 Å². The van der Waals surface area contributed by atoms with Gasteiger partial charge in [-0.3, -0.25) is 9.10 Å². The van der Waals surface area contributed by atoms with Crippen molar-refractivity contribution in [2.75, 3.05) is 16.2 Å². The molecule has 0 aliphatic carbocycles. The Labute approximate surface area is 183 Å². The van der Waals surface area contributed by atoms with Crippen molar-refractivity contribution in [2.24, 2.45) is 0 Å². The standard InChI is InChI=1S/C25H26N2O3S/c1-17-6-11-23(12-7-17)31(29,30)27-14-4-5-20-16-21(9-13-24(20)27)25(28)26-22-10-8-18(2)19(3)15-22/h6-13,15-16H,4-5,14H2,1-3H3,(H,26,28). The summed E-state index contributed by atoms with van der Waals surface area (Å²) >= 11 is 0. The minimum absolute atomic E-state index is 0.204. The predicted molar refractivity (Wildman–Crippen MR) is 124 cm³/mol. The maximum absolute atomic E-state index is 13.2. The van der Waals surface area contributed by atoms with Crippen molar-refractivity contribution >= 4 is 27.3 Å². The van der Waals surface area contributed by atoms with Crippen molar-refractivity contribution in [3.8, 4) is 0 Å². The van der Waals surface area contributed by atoms with E-state index in [1.165, 1.54) is 9.87 Å². The van der Waals surface area contributed by atoms with Gasteiger partial charge in [0.15, 0.2) is 0 Å². The maximum Gasteiger partial charge on any atom is 0.264 e. The smallest absolute Gasteiger partial charge is 0.264 e. The first-order valence-corrected chi connectivity index (χ1v) is 11.8. The van der Waals surface area contributed by atoms with Crippen LogP contribution in [0.4, 0.5) is 11.4 Å². The van der Waals surface area contributed by atoms with Crippen LogP contribution >= 0.6 is 0 Å². The number of fused-ring (bicyclic) bond motifs is 1. The lowest BCUT2D eigenvalue weighted by atomic mass is 10.0. The number of benzene rings is 3. The molecule has 160 valence electrons. The first kappa shape index (κ1) is 21.1. The highest BCUT2D eigenvalue weighted by molar-refractivity contribution is 7.92. The molecule has 1 aliphatic heterocycles. The van der Waals surface area contributed by atoms with Gasteiger partial charge in [-0.2, -0.15) is 0 Å². The lowest BCUT2D eigenvalue weighted by Gasteiger charge is -2.30. The molecule has 6 heteroatoms. The van der Waals surface area contributed by atoms with Gasteiger partial charge in [0, 0.05) is 17.8 Å². The summed E-state index contributed by atoms with van der Waals surface area (Å²) in [6.07, 6.45) is 1.44. The van der Waals surface area contributed by atoms with E-state index in [0.717, 1.165) is 28.8 Å². The Morgan fingerprint density at radius 1 is 0.903 bits per heavy atom. The van der Waals surface area contributed by atoms with Crippen LogP contribution in [-0.4, -0.2) is 20.9 Å². The number of hydrogen-bond donors (Lipinski definition) is 1. The molecule has 0 saturated heterocycles. The highest BCUT2D eigenvalue weighted by Crippen LogP contribution is 2.33. The van der Waals surface area contributed by atoms with Gasteiger partial charge in [0.1, 0.15) is 0 Å². The molecule has 4 rings (SSSR count). The Kier molecular flexibility index (Phi) is 5.58. The van der Waals surface area contributed by atoms with Crippen LogP contribution in [0.5, 0.6) is 0 Å². The van der Waals surface area contributed by atoms with Crippen molar-refractivity contribution < 1.29 is 13.2 Å². The Hall–Kier alpha value is -3.12. The molecule has 0 spiro atoms. The van der Waals surface area contributed by atoms with Gasteiger partial charge in [-0.1, -0.05) is 23.8 Å². The predicted octanol–water partition coefficient (Wildman–Crippen LogP) is 5.01. The van der Waals surface area contributed by atoms with E-state index in [2.05, 4.69) is 5.32 Å². The quantitative estimate of drug-likeness (QED) is 0.628. The van der Waals surface area contributed by atoms with Gasteiger partial charge < -0.3 is 5.32 Å². The number of amides is 1. The van der Waals surface area contributed by atoms with Crippen molar-refractivity contribution in [3.05, 3.63) is 88.5 Å². The highest BCUT2D eigenvalue weighted by atomic mass is 32.2. The third-order valence-electron chi connectivity index (χ3n) is 5.79. The fourth-order valence-electron chi connectivity index (χ4n) is 3.81.